The van der Waals surface area contributed by atoms with Crippen LogP contribution in [0.15, 0.2) is 24.3 Å². The molecule has 3 aliphatic rings. The number of hydrogen-bond donors (Lipinski definition) is 1. The number of amides is 1. The summed E-state index contributed by atoms with van der Waals surface area (Å²) < 4.78 is 19.9. The molecule has 3 atom stereocenters. The van der Waals surface area contributed by atoms with Crippen molar-refractivity contribution in [2.75, 3.05) is 6.61 Å². The Morgan fingerprint density at radius 1 is 1.32 bits per heavy atom. The lowest BCUT2D eigenvalue weighted by Crippen LogP contribution is -2.67. The minimum atomic E-state index is -0.647. The molecule has 22 heavy (non-hydrogen) atoms. The summed E-state index contributed by atoms with van der Waals surface area (Å²) in [6.07, 6.45) is 2.72. The first-order chi connectivity index (χ1) is 10.5. The van der Waals surface area contributed by atoms with Crippen molar-refractivity contribution in [1.29, 1.82) is 0 Å². The molecule has 0 aromatic heterocycles. The lowest BCUT2D eigenvalue weighted by atomic mass is 9.57. The van der Waals surface area contributed by atoms with Gasteiger partial charge in [0.05, 0.1) is 11.5 Å². The van der Waals surface area contributed by atoms with Crippen LogP contribution in [0, 0.1) is 17.2 Å². The summed E-state index contributed by atoms with van der Waals surface area (Å²) in [5, 5.41) is 3.22. The van der Waals surface area contributed by atoms with Crippen molar-refractivity contribution >= 4 is 5.91 Å². The molecule has 0 spiro atoms. The highest BCUT2D eigenvalue weighted by Crippen LogP contribution is 2.54. The maximum atomic E-state index is 14.1. The Labute approximate surface area is 130 Å². The number of ether oxygens (including phenoxy) is 1. The van der Waals surface area contributed by atoms with E-state index < -0.39 is 5.41 Å². The quantitative estimate of drug-likeness (QED) is 0.932. The SMILES string of the molecule is CC1(C)[C@H](NC(=O)C2(c3ccccc3F)CC2)[C@@H]2CCO[C@H]21. The maximum absolute atomic E-state index is 14.1. The molecular weight excluding hydrogens is 281 g/mol. The zero-order valence-electron chi connectivity index (χ0n) is 13.1. The van der Waals surface area contributed by atoms with Crippen LogP contribution in [0.25, 0.3) is 0 Å². The third-order valence-corrected chi connectivity index (χ3v) is 5.96. The predicted octanol–water partition coefficient (Wildman–Crippen LogP) is 2.79. The Hall–Kier alpha value is -1.42. The van der Waals surface area contributed by atoms with Gasteiger partial charge >= 0.3 is 0 Å². The zero-order chi connectivity index (χ0) is 15.5. The minimum absolute atomic E-state index is 0.0129. The molecule has 1 aromatic rings. The molecule has 0 bridgehead atoms. The van der Waals surface area contributed by atoms with Crippen LogP contribution >= 0.6 is 0 Å². The van der Waals surface area contributed by atoms with Gasteiger partial charge < -0.3 is 10.1 Å². The van der Waals surface area contributed by atoms with Crippen molar-refractivity contribution in [1.82, 2.24) is 5.32 Å². The van der Waals surface area contributed by atoms with E-state index in [9.17, 15) is 9.18 Å². The van der Waals surface area contributed by atoms with Gasteiger partial charge in [-0.05, 0) is 25.3 Å². The van der Waals surface area contributed by atoms with E-state index in [4.69, 9.17) is 4.74 Å². The molecule has 1 aromatic carbocycles. The molecule has 3 nitrogen and oxygen atoms in total. The molecule has 0 radical (unpaired) electrons. The third kappa shape index (κ3) is 1.79. The molecule has 1 saturated heterocycles. The van der Waals surface area contributed by atoms with Crippen LogP contribution in [-0.4, -0.2) is 24.7 Å². The van der Waals surface area contributed by atoms with Crippen molar-refractivity contribution in [3.8, 4) is 0 Å². The van der Waals surface area contributed by atoms with Gasteiger partial charge in [-0.1, -0.05) is 32.0 Å². The van der Waals surface area contributed by atoms with E-state index in [2.05, 4.69) is 19.2 Å². The Morgan fingerprint density at radius 2 is 2.05 bits per heavy atom. The normalized spacial score (nSPS) is 33.7. The van der Waals surface area contributed by atoms with E-state index in [1.54, 1.807) is 18.2 Å². The monoisotopic (exact) mass is 303 g/mol. The van der Waals surface area contributed by atoms with E-state index in [0.717, 1.165) is 25.9 Å². The number of hydrogen-bond acceptors (Lipinski definition) is 2. The first-order valence-corrected chi connectivity index (χ1v) is 8.14. The van der Waals surface area contributed by atoms with Gasteiger partial charge in [0.25, 0.3) is 0 Å². The summed E-state index contributed by atoms with van der Waals surface area (Å²) in [7, 11) is 0. The third-order valence-electron chi connectivity index (χ3n) is 5.96. The van der Waals surface area contributed by atoms with Gasteiger partial charge in [-0.2, -0.15) is 0 Å². The summed E-state index contributed by atoms with van der Waals surface area (Å²) in [6.45, 7) is 5.07. The second-order valence-electron chi connectivity index (χ2n) is 7.58. The van der Waals surface area contributed by atoms with Crippen LogP contribution in [0.4, 0.5) is 4.39 Å². The molecule has 1 aliphatic heterocycles. The molecule has 4 heteroatoms. The molecule has 1 amide bonds. The summed E-state index contributed by atoms with van der Waals surface area (Å²) in [5.41, 5.74) is -0.141. The highest BCUT2D eigenvalue weighted by molar-refractivity contribution is 5.91. The van der Waals surface area contributed by atoms with Gasteiger partial charge in [-0.3, -0.25) is 4.79 Å². The largest absolute Gasteiger partial charge is 0.377 e. The van der Waals surface area contributed by atoms with Gasteiger partial charge in [0.1, 0.15) is 5.82 Å². The number of rotatable bonds is 3. The molecule has 118 valence electrons. The zero-order valence-corrected chi connectivity index (χ0v) is 13.1. The Morgan fingerprint density at radius 3 is 2.73 bits per heavy atom. The van der Waals surface area contributed by atoms with Crippen LogP contribution < -0.4 is 5.32 Å². The van der Waals surface area contributed by atoms with Crippen LogP contribution in [-0.2, 0) is 14.9 Å². The minimum Gasteiger partial charge on any atom is -0.377 e. The number of fused-ring (bicyclic) bond motifs is 1. The van der Waals surface area contributed by atoms with Gasteiger partial charge in [0, 0.05) is 29.5 Å². The second-order valence-corrected chi connectivity index (χ2v) is 7.58. The standard InChI is InChI=1S/C18H22FNO2/c1-17(2)14(11-7-10-22-15(11)17)20-16(21)18(8-9-18)12-5-3-4-6-13(12)19/h3-6,11,14-15H,7-10H2,1-2H3,(H,20,21)/t11-,14+,15+/m0/s1. The van der Waals surface area contributed by atoms with E-state index in [-0.39, 0.29) is 29.3 Å². The number of carbonyl (C=O) groups is 1. The Balaban J connectivity index is 1.55. The molecule has 1 heterocycles. The Kier molecular flexibility index (Phi) is 2.93. The lowest BCUT2D eigenvalue weighted by Gasteiger charge is -2.54. The van der Waals surface area contributed by atoms with Crippen molar-refractivity contribution in [3.05, 3.63) is 35.6 Å². The number of halogens is 1. The average Bonchev–Trinajstić information content (AvgIpc) is 3.16. The molecule has 0 unspecified atom stereocenters. The molecule has 1 N–H and O–H groups in total. The number of nitrogens with one attached hydrogen (secondary N) is 1. The molecule has 2 saturated carbocycles. The fourth-order valence-electron chi connectivity index (χ4n) is 4.49. The van der Waals surface area contributed by atoms with Gasteiger partial charge in [0.2, 0.25) is 5.91 Å². The van der Waals surface area contributed by atoms with Crippen molar-refractivity contribution in [2.45, 2.75) is 50.7 Å². The molecular formula is C18H22FNO2. The second kappa shape index (κ2) is 4.54. The predicted molar refractivity (Wildman–Crippen MR) is 80.9 cm³/mol. The molecule has 2 aliphatic carbocycles. The highest BCUT2D eigenvalue weighted by atomic mass is 19.1. The highest BCUT2D eigenvalue weighted by Gasteiger charge is 2.62. The van der Waals surface area contributed by atoms with Crippen LogP contribution in [0.3, 0.4) is 0 Å². The van der Waals surface area contributed by atoms with Gasteiger partial charge in [-0.15, -0.1) is 0 Å². The molecule has 3 fully saturated rings. The summed E-state index contributed by atoms with van der Waals surface area (Å²) >= 11 is 0. The fourth-order valence-corrected chi connectivity index (χ4v) is 4.49. The van der Waals surface area contributed by atoms with Crippen molar-refractivity contribution < 1.29 is 13.9 Å². The summed E-state index contributed by atoms with van der Waals surface area (Å²) in [4.78, 5) is 12.8. The van der Waals surface area contributed by atoms with E-state index >= 15 is 0 Å². The number of carbonyl (C=O) groups excluding carboxylic acids is 1. The van der Waals surface area contributed by atoms with Gasteiger partial charge in [-0.25, -0.2) is 4.39 Å². The fraction of sp³-hybridized carbons (Fsp3) is 0.611. The first-order valence-electron chi connectivity index (χ1n) is 8.14. The van der Waals surface area contributed by atoms with Crippen LogP contribution in [0.2, 0.25) is 0 Å². The van der Waals surface area contributed by atoms with Crippen LogP contribution in [0.5, 0.6) is 0 Å². The number of benzene rings is 1. The van der Waals surface area contributed by atoms with Gasteiger partial charge in [0.15, 0.2) is 0 Å². The van der Waals surface area contributed by atoms with E-state index in [0.29, 0.717) is 11.5 Å². The molecule has 4 rings (SSSR count). The van der Waals surface area contributed by atoms with E-state index in [1.807, 2.05) is 0 Å². The average molecular weight is 303 g/mol. The summed E-state index contributed by atoms with van der Waals surface area (Å²) in [6, 6.07) is 6.80. The van der Waals surface area contributed by atoms with Crippen molar-refractivity contribution in [3.63, 3.8) is 0 Å². The first kappa shape index (κ1) is 14.2. The van der Waals surface area contributed by atoms with E-state index in [1.165, 1.54) is 6.07 Å². The van der Waals surface area contributed by atoms with Crippen LogP contribution in [0.1, 0.15) is 38.7 Å². The topological polar surface area (TPSA) is 38.3 Å². The Bertz CT molecular complexity index is 623. The summed E-state index contributed by atoms with van der Waals surface area (Å²) in [5.74, 6) is 0.126. The maximum Gasteiger partial charge on any atom is 0.231 e. The smallest absolute Gasteiger partial charge is 0.231 e. The van der Waals surface area contributed by atoms with Crippen molar-refractivity contribution in [2.24, 2.45) is 11.3 Å². The lowest BCUT2D eigenvalue weighted by molar-refractivity contribution is -0.139.